The molecule has 0 heterocycles. The Kier molecular flexibility index (Phi) is 7.14. The summed E-state index contributed by atoms with van der Waals surface area (Å²) < 4.78 is 0. The van der Waals surface area contributed by atoms with Gasteiger partial charge in [-0.25, -0.2) is 0 Å². The van der Waals surface area contributed by atoms with Gasteiger partial charge in [-0.2, -0.15) is 0 Å². The highest BCUT2D eigenvalue weighted by molar-refractivity contribution is 7.57. The molecule has 0 saturated carbocycles. The Labute approximate surface area is 79.9 Å². The zero-order valence-electron chi connectivity index (χ0n) is 9.43. The average molecular weight is 188 g/mol. The lowest BCUT2D eigenvalue weighted by Gasteiger charge is -2.23. The van der Waals surface area contributed by atoms with Crippen molar-refractivity contribution in [2.45, 2.75) is 52.6 Å². The quantitative estimate of drug-likeness (QED) is 0.544. The van der Waals surface area contributed by atoms with Gasteiger partial charge in [0.15, 0.2) is 0 Å². The fraction of sp³-hybridized carbons (Fsp3) is 1.00. The first kappa shape index (κ1) is 12.4. The largest absolute Gasteiger partial charge is 0.107 e. The lowest BCUT2D eigenvalue weighted by atomic mass is 9.98. The van der Waals surface area contributed by atoms with Gasteiger partial charge in [0.2, 0.25) is 0 Å². The van der Waals surface area contributed by atoms with Gasteiger partial charge >= 0.3 is 0 Å². The maximum Gasteiger partial charge on any atom is -0.0238 e. The minimum atomic E-state index is 0.316. The van der Waals surface area contributed by atoms with E-state index in [1.807, 2.05) is 0 Å². The van der Waals surface area contributed by atoms with Gasteiger partial charge in [0.1, 0.15) is 0 Å². The lowest BCUT2D eigenvalue weighted by Crippen LogP contribution is -2.08. The maximum atomic E-state index is 2.45. The standard InChI is InChI=1S/C11H25P/c1-6-11(7-2)9-10(4)12(5)8-3/h10-11H,6-9H2,1-5H3. The highest BCUT2D eigenvalue weighted by Crippen LogP contribution is 2.40. The molecule has 2 unspecified atom stereocenters. The van der Waals surface area contributed by atoms with Gasteiger partial charge in [0.25, 0.3) is 0 Å². The van der Waals surface area contributed by atoms with Gasteiger partial charge in [0, 0.05) is 0 Å². The molecule has 0 rings (SSSR count). The summed E-state index contributed by atoms with van der Waals surface area (Å²) in [6, 6.07) is 0. The highest BCUT2D eigenvalue weighted by Gasteiger charge is 2.13. The van der Waals surface area contributed by atoms with E-state index < -0.39 is 0 Å². The molecule has 0 aliphatic carbocycles. The molecule has 0 aromatic rings. The molecule has 74 valence electrons. The Bertz CT molecular complexity index is 97.2. The van der Waals surface area contributed by atoms with Crippen LogP contribution in [0.2, 0.25) is 0 Å². The average Bonchev–Trinajstić information content (AvgIpc) is 2.12. The zero-order chi connectivity index (χ0) is 9.56. The van der Waals surface area contributed by atoms with Crippen molar-refractivity contribution >= 4 is 7.92 Å². The van der Waals surface area contributed by atoms with E-state index in [2.05, 4.69) is 34.4 Å². The van der Waals surface area contributed by atoms with Crippen LogP contribution in [-0.4, -0.2) is 18.5 Å². The second-order valence-electron chi connectivity index (χ2n) is 3.84. The molecule has 0 saturated heterocycles. The zero-order valence-corrected chi connectivity index (χ0v) is 10.3. The van der Waals surface area contributed by atoms with E-state index in [-0.39, 0.29) is 0 Å². The lowest BCUT2D eigenvalue weighted by molar-refractivity contribution is 0.454. The van der Waals surface area contributed by atoms with Crippen molar-refractivity contribution in [2.24, 2.45) is 5.92 Å². The third kappa shape index (κ3) is 4.45. The summed E-state index contributed by atoms with van der Waals surface area (Å²) in [6.07, 6.45) is 5.60. The summed E-state index contributed by atoms with van der Waals surface area (Å²) in [5, 5.41) is 0. The van der Waals surface area contributed by atoms with E-state index in [9.17, 15) is 0 Å². The maximum absolute atomic E-state index is 2.45. The van der Waals surface area contributed by atoms with Gasteiger partial charge < -0.3 is 0 Å². The predicted molar refractivity (Wildman–Crippen MR) is 61.5 cm³/mol. The molecule has 0 aromatic heterocycles. The summed E-state index contributed by atoms with van der Waals surface area (Å²) >= 11 is 0. The van der Waals surface area contributed by atoms with Crippen LogP contribution >= 0.6 is 7.92 Å². The molecule has 0 nitrogen and oxygen atoms in total. The molecular weight excluding hydrogens is 163 g/mol. The third-order valence-electron chi connectivity index (χ3n) is 3.08. The predicted octanol–water partition coefficient (Wildman–Crippen LogP) is 4.33. The summed E-state index contributed by atoms with van der Waals surface area (Å²) in [4.78, 5) is 0. The van der Waals surface area contributed by atoms with Crippen molar-refractivity contribution in [1.29, 1.82) is 0 Å². The van der Waals surface area contributed by atoms with E-state index in [0.717, 1.165) is 11.6 Å². The van der Waals surface area contributed by atoms with Crippen molar-refractivity contribution in [3.8, 4) is 0 Å². The normalized spacial score (nSPS) is 16.5. The molecule has 0 N–H and O–H groups in total. The molecule has 0 radical (unpaired) electrons. The first-order valence-electron chi connectivity index (χ1n) is 5.35. The number of hydrogen-bond donors (Lipinski definition) is 0. The third-order valence-corrected chi connectivity index (χ3v) is 5.79. The Morgan fingerprint density at radius 1 is 1.08 bits per heavy atom. The monoisotopic (exact) mass is 188 g/mol. The summed E-state index contributed by atoms with van der Waals surface area (Å²) in [5.41, 5.74) is 0.981. The molecule has 12 heavy (non-hydrogen) atoms. The molecule has 0 aliphatic heterocycles. The van der Waals surface area contributed by atoms with Crippen LogP contribution in [0.3, 0.4) is 0 Å². The van der Waals surface area contributed by atoms with Crippen LogP contribution in [-0.2, 0) is 0 Å². The highest BCUT2D eigenvalue weighted by atomic mass is 31.1. The van der Waals surface area contributed by atoms with E-state index in [1.54, 1.807) is 0 Å². The molecule has 0 amide bonds. The van der Waals surface area contributed by atoms with E-state index in [0.29, 0.717) is 7.92 Å². The van der Waals surface area contributed by atoms with Gasteiger partial charge in [-0.3, -0.25) is 0 Å². The smallest absolute Gasteiger partial charge is 0.0238 e. The van der Waals surface area contributed by atoms with E-state index in [1.165, 1.54) is 25.4 Å². The molecule has 0 spiro atoms. The second-order valence-corrected chi connectivity index (χ2v) is 6.87. The molecular formula is C11H25P. The van der Waals surface area contributed by atoms with Gasteiger partial charge in [0.05, 0.1) is 0 Å². The van der Waals surface area contributed by atoms with Crippen LogP contribution in [0.4, 0.5) is 0 Å². The van der Waals surface area contributed by atoms with Gasteiger partial charge in [-0.05, 0) is 30.8 Å². The van der Waals surface area contributed by atoms with Crippen molar-refractivity contribution in [2.75, 3.05) is 12.8 Å². The van der Waals surface area contributed by atoms with E-state index in [4.69, 9.17) is 0 Å². The molecule has 1 heteroatoms. The second kappa shape index (κ2) is 6.89. The Morgan fingerprint density at radius 3 is 1.92 bits per heavy atom. The van der Waals surface area contributed by atoms with Crippen molar-refractivity contribution in [3.63, 3.8) is 0 Å². The van der Waals surface area contributed by atoms with Gasteiger partial charge in [-0.1, -0.05) is 40.5 Å². The number of rotatable bonds is 6. The summed E-state index contributed by atoms with van der Waals surface area (Å²) in [5.74, 6) is 0.983. The van der Waals surface area contributed by atoms with Crippen molar-refractivity contribution in [3.05, 3.63) is 0 Å². The van der Waals surface area contributed by atoms with Crippen LogP contribution in [0.5, 0.6) is 0 Å². The fourth-order valence-electron chi connectivity index (χ4n) is 1.60. The molecule has 0 fully saturated rings. The molecule has 2 atom stereocenters. The molecule has 0 bridgehead atoms. The van der Waals surface area contributed by atoms with Crippen molar-refractivity contribution in [1.82, 2.24) is 0 Å². The summed E-state index contributed by atoms with van der Waals surface area (Å²) in [7, 11) is 0.316. The molecule has 0 aliphatic rings. The first-order valence-corrected chi connectivity index (χ1v) is 7.40. The topological polar surface area (TPSA) is 0 Å². The molecule has 0 aromatic carbocycles. The number of hydrogen-bond acceptors (Lipinski definition) is 0. The van der Waals surface area contributed by atoms with Crippen LogP contribution in [0.1, 0.15) is 47.0 Å². The summed E-state index contributed by atoms with van der Waals surface area (Å²) in [6.45, 7) is 11.9. The minimum absolute atomic E-state index is 0.316. The van der Waals surface area contributed by atoms with Crippen LogP contribution < -0.4 is 0 Å². The van der Waals surface area contributed by atoms with Crippen LogP contribution in [0.25, 0.3) is 0 Å². The SMILES string of the molecule is CCC(CC)CC(C)P(C)CC. The fourth-order valence-corrected chi connectivity index (χ4v) is 2.88. The Hall–Kier alpha value is 0.430. The van der Waals surface area contributed by atoms with Crippen molar-refractivity contribution < 1.29 is 0 Å². The van der Waals surface area contributed by atoms with Crippen LogP contribution in [0.15, 0.2) is 0 Å². The Morgan fingerprint density at radius 2 is 1.58 bits per heavy atom. The van der Waals surface area contributed by atoms with Crippen LogP contribution in [0, 0.1) is 5.92 Å². The van der Waals surface area contributed by atoms with E-state index >= 15 is 0 Å². The first-order chi connectivity index (χ1) is 5.65. The minimum Gasteiger partial charge on any atom is -0.107 e. The van der Waals surface area contributed by atoms with Gasteiger partial charge in [-0.15, -0.1) is 7.92 Å². The Balaban J connectivity index is 3.72.